The summed E-state index contributed by atoms with van der Waals surface area (Å²) in [5, 5.41) is 2.30. The summed E-state index contributed by atoms with van der Waals surface area (Å²) in [6.45, 7) is 12.3. The molecule has 0 aromatic heterocycles. The van der Waals surface area contributed by atoms with Gasteiger partial charge in [0.25, 0.3) is 0 Å². The van der Waals surface area contributed by atoms with Gasteiger partial charge in [-0.3, -0.25) is 5.32 Å². The Hall–Kier alpha value is -1.94. The van der Waals surface area contributed by atoms with E-state index in [2.05, 4.69) is 10.1 Å². The number of rotatable bonds is 3. The Labute approximate surface area is 162 Å². The van der Waals surface area contributed by atoms with Crippen molar-refractivity contribution in [2.75, 3.05) is 5.32 Å². The number of hydrogen-bond donors (Lipinski definition) is 1. The minimum absolute atomic E-state index is 0.209. The molecule has 0 radical (unpaired) electrons. The molecule has 1 N–H and O–H groups in total. The van der Waals surface area contributed by atoms with E-state index in [-0.39, 0.29) is 5.69 Å². The van der Waals surface area contributed by atoms with Crippen molar-refractivity contribution in [2.45, 2.75) is 71.6 Å². The van der Waals surface area contributed by atoms with Crippen molar-refractivity contribution >= 4 is 24.4 Å². The van der Waals surface area contributed by atoms with Crippen molar-refractivity contribution in [1.29, 1.82) is 0 Å². The van der Waals surface area contributed by atoms with Crippen LogP contribution in [0.2, 0.25) is 0 Å². The molecule has 0 bridgehead atoms. The lowest BCUT2D eigenvalue weighted by Crippen LogP contribution is -2.41. The zero-order valence-electron chi connectivity index (χ0n) is 17.0. The first-order chi connectivity index (χ1) is 12.5. The molecule has 0 unspecified atom stereocenters. The van der Waals surface area contributed by atoms with Gasteiger partial charge in [0.1, 0.15) is 5.60 Å². The molecule has 1 heterocycles. The van der Waals surface area contributed by atoms with Gasteiger partial charge in [0.2, 0.25) is 0 Å². The molecule has 0 saturated carbocycles. The number of amides is 1. The molecular weight excluding hydrogens is 378 g/mol. The highest BCUT2D eigenvalue weighted by molar-refractivity contribution is 6.62. The lowest BCUT2D eigenvalue weighted by Gasteiger charge is -2.32. The van der Waals surface area contributed by atoms with Gasteiger partial charge in [0, 0.05) is 0 Å². The Morgan fingerprint density at radius 3 is 2.07 bits per heavy atom. The molecule has 1 aromatic rings. The number of anilines is 1. The monoisotopic (exact) mass is 403 g/mol. The number of halogens is 3. The molecule has 2 rings (SSSR count). The van der Waals surface area contributed by atoms with Crippen LogP contribution in [-0.2, 0) is 14.0 Å². The molecule has 1 aromatic carbocycles. The van der Waals surface area contributed by atoms with Crippen LogP contribution in [0, 0.1) is 0 Å². The Balaban J connectivity index is 2.34. The smallest absolute Gasteiger partial charge is 0.444 e. The molecule has 1 fully saturated rings. The molecule has 0 atom stereocenters. The van der Waals surface area contributed by atoms with E-state index < -0.39 is 42.1 Å². The second kappa shape index (κ2) is 7.15. The van der Waals surface area contributed by atoms with Gasteiger partial charge in [-0.2, -0.15) is 0 Å². The normalized spacial score (nSPS) is 18.7. The van der Waals surface area contributed by atoms with Gasteiger partial charge in [0.05, 0.1) is 16.9 Å². The molecule has 1 saturated heterocycles. The Kier molecular flexibility index (Phi) is 5.71. The molecule has 1 aliphatic rings. The van der Waals surface area contributed by atoms with E-state index in [1.54, 1.807) is 20.8 Å². The van der Waals surface area contributed by atoms with E-state index in [0.717, 1.165) is 6.07 Å². The highest BCUT2D eigenvalue weighted by atomic mass is 19.4. The van der Waals surface area contributed by atoms with Crippen molar-refractivity contribution in [3.8, 4) is 5.75 Å². The summed E-state index contributed by atoms with van der Waals surface area (Å²) in [4.78, 5) is 12.1. The first-order valence-corrected chi connectivity index (χ1v) is 8.74. The summed E-state index contributed by atoms with van der Waals surface area (Å²) in [7, 11) is -0.816. The van der Waals surface area contributed by atoms with E-state index in [9.17, 15) is 18.0 Å². The van der Waals surface area contributed by atoms with Crippen LogP contribution >= 0.6 is 0 Å². The van der Waals surface area contributed by atoms with E-state index in [1.807, 2.05) is 27.7 Å². The highest BCUT2D eigenvalue weighted by Gasteiger charge is 2.51. The molecule has 28 heavy (non-hydrogen) atoms. The number of hydrogen-bond acceptors (Lipinski definition) is 5. The van der Waals surface area contributed by atoms with Crippen LogP contribution in [0.1, 0.15) is 48.5 Å². The Morgan fingerprint density at radius 2 is 1.61 bits per heavy atom. The maximum atomic E-state index is 12.7. The average Bonchev–Trinajstić information content (AvgIpc) is 2.65. The molecule has 6 nitrogen and oxygen atoms in total. The number of nitrogens with one attached hydrogen (secondary N) is 1. The fraction of sp³-hybridized carbons (Fsp3) is 0.611. The van der Waals surface area contributed by atoms with Crippen LogP contribution in [-0.4, -0.2) is 36.4 Å². The van der Waals surface area contributed by atoms with Crippen LogP contribution in [0.5, 0.6) is 5.75 Å². The number of benzene rings is 1. The van der Waals surface area contributed by atoms with Crippen LogP contribution in [0.3, 0.4) is 0 Å². The maximum absolute atomic E-state index is 12.7. The van der Waals surface area contributed by atoms with E-state index >= 15 is 0 Å². The van der Waals surface area contributed by atoms with Crippen LogP contribution in [0.25, 0.3) is 0 Å². The van der Waals surface area contributed by atoms with Crippen molar-refractivity contribution in [3.63, 3.8) is 0 Å². The maximum Gasteiger partial charge on any atom is 0.573 e. The predicted octanol–water partition coefficient (Wildman–Crippen LogP) is 4.23. The van der Waals surface area contributed by atoms with Gasteiger partial charge in [-0.15, -0.1) is 13.2 Å². The van der Waals surface area contributed by atoms with Gasteiger partial charge >= 0.3 is 19.6 Å². The van der Waals surface area contributed by atoms with Crippen LogP contribution < -0.4 is 15.5 Å². The van der Waals surface area contributed by atoms with E-state index in [4.69, 9.17) is 14.0 Å². The zero-order chi connectivity index (χ0) is 21.5. The zero-order valence-corrected chi connectivity index (χ0v) is 17.0. The van der Waals surface area contributed by atoms with Crippen LogP contribution in [0.4, 0.5) is 23.7 Å². The molecule has 10 heteroatoms. The lowest BCUT2D eigenvalue weighted by atomic mass is 9.79. The fourth-order valence-corrected chi connectivity index (χ4v) is 2.40. The molecular formula is C18H25BF3NO5. The summed E-state index contributed by atoms with van der Waals surface area (Å²) in [5.74, 6) is -0.571. The molecule has 0 aliphatic carbocycles. The third-order valence-corrected chi connectivity index (χ3v) is 4.39. The minimum atomic E-state index is -4.92. The quantitative estimate of drug-likeness (QED) is 0.766. The third kappa shape index (κ3) is 5.54. The second-order valence-corrected chi connectivity index (χ2v) is 8.52. The number of ether oxygens (including phenoxy) is 2. The first-order valence-electron chi connectivity index (χ1n) is 8.74. The molecule has 156 valence electrons. The predicted molar refractivity (Wildman–Crippen MR) is 98.7 cm³/mol. The second-order valence-electron chi connectivity index (χ2n) is 8.52. The Morgan fingerprint density at radius 1 is 1.07 bits per heavy atom. The van der Waals surface area contributed by atoms with Crippen molar-refractivity contribution < 1.29 is 36.7 Å². The number of alkyl halides is 3. The SMILES string of the molecule is CC(C)(C)OC(=O)Nc1cc(B2OC(C)(C)C(C)(C)O2)ccc1OC(F)(F)F. The van der Waals surface area contributed by atoms with Crippen LogP contribution in [0.15, 0.2) is 18.2 Å². The van der Waals surface area contributed by atoms with Crippen molar-refractivity contribution in [2.24, 2.45) is 0 Å². The third-order valence-electron chi connectivity index (χ3n) is 4.39. The van der Waals surface area contributed by atoms with E-state index in [1.165, 1.54) is 12.1 Å². The summed E-state index contributed by atoms with van der Waals surface area (Å²) in [6, 6.07) is 3.80. The topological polar surface area (TPSA) is 66.0 Å². The van der Waals surface area contributed by atoms with Gasteiger partial charge in [-0.25, -0.2) is 4.79 Å². The van der Waals surface area contributed by atoms with Gasteiger partial charge in [-0.05, 0) is 66.1 Å². The van der Waals surface area contributed by atoms with Crippen molar-refractivity contribution in [1.82, 2.24) is 0 Å². The summed E-state index contributed by atoms with van der Waals surface area (Å²) < 4.78 is 59.1. The minimum Gasteiger partial charge on any atom is -0.444 e. The average molecular weight is 403 g/mol. The molecule has 1 amide bonds. The first kappa shape index (κ1) is 22.4. The lowest BCUT2D eigenvalue weighted by molar-refractivity contribution is -0.274. The van der Waals surface area contributed by atoms with E-state index in [0.29, 0.717) is 5.46 Å². The largest absolute Gasteiger partial charge is 0.573 e. The molecule has 1 aliphatic heterocycles. The van der Waals surface area contributed by atoms with Gasteiger partial charge < -0.3 is 18.8 Å². The summed E-state index contributed by atoms with van der Waals surface area (Å²) in [5.41, 5.74) is -1.86. The summed E-state index contributed by atoms with van der Waals surface area (Å²) in [6.07, 6.45) is -5.83. The number of carbonyl (C=O) groups excluding carboxylic acids is 1. The number of carbonyl (C=O) groups is 1. The fourth-order valence-electron chi connectivity index (χ4n) is 2.40. The molecule has 0 spiro atoms. The summed E-state index contributed by atoms with van der Waals surface area (Å²) >= 11 is 0. The Bertz CT molecular complexity index is 728. The van der Waals surface area contributed by atoms with Gasteiger partial charge in [0.15, 0.2) is 5.75 Å². The van der Waals surface area contributed by atoms with Gasteiger partial charge in [-0.1, -0.05) is 6.07 Å². The standard InChI is InChI=1S/C18H25BF3NO5/c1-15(2,3)26-14(24)23-12-10-11(8-9-13(12)25-18(20,21)22)19-27-16(4,5)17(6,7)28-19/h8-10H,1-7H3,(H,23,24). The highest BCUT2D eigenvalue weighted by Crippen LogP contribution is 2.37. The van der Waals surface area contributed by atoms with Crippen molar-refractivity contribution in [3.05, 3.63) is 18.2 Å².